The standard InChI is InChI=1S/C14H25N3O5S/c1-8(18)11(15)12(19)16-9(5-7-23-2)13(20)17-6-3-4-10(17)14(21)22/h8-11,18H,3-7,15H2,1-2H3,(H,16,19)(H,21,22). The minimum absolute atomic E-state index is 0.365. The normalized spacial score (nSPS) is 21.6. The molecule has 4 atom stereocenters. The Morgan fingerprint density at radius 2 is 2.09 bits per heavy atom. The number of nitrogens with one attached hydrogen (secondary N) is 1. The lowest BCUT2D eigenvalue weighted by Crippen LogP contribution is -2.56. The summed E-state index contributed by atoms with van der Waals surface area (Å²) in [6.45, 7) is 1.76. The molecule has 132 valence electrons. The van der Waals surface area contributed by atoms with Crippen LogP contribution in [0, 0.1) is 0 Å². The molecular weight excluding hydrogens is 322 g/mol. The number of likely N-dealkylation sites (tertiary alicyclic amines) is 1. The fraction of sp³-hybridized carbons (Fsp3) is 0.786. The molecule has 2 amide bonds. The Bertz CT molecular complexity index is 446. The van der Waals surface area contributed by atoms with Gasteiger partial charge in [-0.25, -0.2) is 4.79 Å². The van der Waals surface area contributed by atoms with Gasteiger partial charge in [0, 0.05) is 6.54 Å². The van der Waals surface area contributed by atoms with Crippen LogP contribution in [-0.4, -0.2) is 75.7 Å². The van der Waals surface area contributed by atoms with Crippen molar-refractivity contribution in [2.45, 2.75) is 50.4 Å². The summed E-state index contributed by atoms with van der Waals surface area (Å²) >= 11 is 1.52. The van der Waals surface area contributed by atoms with Crippen LogP contribution >= 0.6 is 11.8 Å². The lowest BCUT2D eigenvalue weighted by molar-refractivity contribution is -0.149. The van der Waals surface area contributed by atoms with E-state index < -0.39 is 42.0 Å². The van der Waals surface area contributed by atoms with E-state index >= 15 is 0 Å². The lowest BCUT2D eigenvalue weighted by atomic mass is 10.1. The zero-order valence-electron chi connectivity index (χ0n) is 13.4. The number of carbonyl (C=O) groups is 3. The third-order valence-corrected chi connectivity index (χ3v) is 4.51. The van der Waals surface area contributed by atoms with Gasteiger partial charge in [-0.1, -0.05) is 0 Å². The van der Waals surface area contributed by atoms with E-state index in [9.17, 15) is 24.6 Å². The molecule has 0 bridgehead atoms. The summed E-state index contributed by atoms with van der Waals surface area (Å²) in [6.07, 6.45) is 2.25. The zero-order valence-corrected chi connectivity index (χ0v) is 14.2. The molecule has 1 rings (SSSR count). The van der Waals surface area contributed by atoms with Gasteiger partial charge in [-0.2, -0.15) is 11.8 Å². The number of hydrogen-bond donors (Lipinski definition) is 4. The topological polar surface area (TPSA) is 133 Å². The maximum absolute atomic E-state index is 12.6. The van der Waals surface area contributed by atoms with Crippen LogP contribution in [0.4, 0.5) is 0 Å². The van der Waals surface area contributed by atoms with E-state index in [-0.39, 0.29) is 0 Å². The number of hydrogen-bond acceptors (Lipinski definition) is 6. The molecule has 1 aliphatic heterocycles. The van der Waals surface area contributed by atoms with Gasteiger partial charge in [0.05, 0.1) is 6.10 Å². The van der Waals surface area contributed by atoms with Gasteiger partial charge >= 0.3 is 5.97 Å². The molecule has 1 aliphatic rings. The molecule has 1 heterocycles. The SMILES string of the molecule is CSCCC(NC(=O)C(N)C(C)O)C(=O)N1CCCC1C(=O)O. The van der Waals surface area contributed by atoms with E-state index in [1.807, 2.05) is 6.26 Å². The van der Waals surface area contributed by atoms with E-state index in [0.29, 0.717) is 31.6 Å². The summed E-state index contributed by atoms with van der Waals surface area (Å²) in [5.74, 6) is -1.43. The predicted molar refractivity (Wildman–Crippen MR) is 87.0 cm³/mol. The van der Waals surface area contributed by atoms with E-state index in [0.717, 1.165) is 0 Å². The zero-order chi connectivity index (χ0) is 17.6. The number of rotatable bonds is 8. The largest absolute Gasteiger partial charge is 0.480 e. The molecule has 9 heteroatoms. The third-order valence-electron chi connectivity index (χ3n) is 3.87. The molecule has 0 aliphatic carbocycles. The van der Waals surface area contributed by atoms with Crippen molar-refractivity contribution in [3.05, 3.63) is 0 Å². The van der Waals surface area contributed by atoms with Gasteiger partial charge in [0.1, 0.15) is 18.1 Å². The van der Waals surface area contributed by atoms with E-state index in [1.165, 1.54) is 23.6 Å². The molecule has 23 heavy (non-hydrogen) atoms. The number of thioether (sulfide) groups is 1. The highest BCUT2D eigenvalue weighted by Gasteiger charge is 2.37. The van der Waals surface area contributed by atoms with Crippen LogP contribution in [0.3, 0.4) is 0 Å². The highest BCUT2D eigenvalue weighted by atomic mass is 32.2. The van der Waals surface area contributed by atoms with Crippen LogP contribution in [-0.2, 0) is 14.4 Å². The van der Waals surface area contributed by atoms with Gasteiger partial charge in [-0.3, -0.25) is 9.59 Å². The first-order chi connectivity index (χ1) is 10.8. The molecule has 0 aromatic heterocycles. The van der Waals surface area contributed by atoms with Gasteiger partial charge in [-0.15, -0.1) is 0 Å². The van der Waals surface area contributed by atoms with Crippen molar-refractivity contribution in [1.29, 1.82) is 0 Å². The molecule has 0 saturated carbocycles. The number of nitrogens with zero attached hydrogens (tertiary/aromatic N) is 1. The number of carboxylic acid groups (broad SMARTS) is 1. The van der Waals surface area contributed by atoms with Crippen LogP contribution in [0.1, 0.15) is 26.2 Å². The third kappa shape index (κ3) is 5.36. The van der Waals surface area contributed by atoms with E-state index in [2.05, 4.69) is 5.32 Å². The highest BCUT2D eigenvalue weighted by molar-refractivity contribution is 7.98. The highest BCUT2D eigenvalue weighted by Crippen LogP contribution is 2.19. The lowest BCUT2D eigenvalue weighted by Gasteiger charge is -2.28. The monoisotopic (exact) mass is 347 g/mol. The number of carbonyl (C=O) groups excluding carboxylic acids is 2. The van der Waals surface area contributed by atoms with Crippen molar-refractivity contribution in [1.82, 2.24) is 10.2 Å². The Morgan fingerprint density at radius 3 is 2.61 bits per heavy atom. The first kappa shape index (κ1) is 19.7. The Labute approximate surface area is 139 Å². The predicted octanol–water partition coefficient (Wildman–Crippen LogP) is -0.992. The summed E-state index contributed by atoms with van der Waals surface area (Å²) in [5, 5.41) is 21.1. The number of aliphatic carboxylic acids is 1. The van der Waals surface area contributed by atoms with Crippen LogP contribution < -0.4 is 11.1 Å². The number of nitrogens with two attached hydrogens (primary N) is 1. The maximum atomic E-state index is 12.6. The number of amides is 2. The average molecular weight is 347 g/mol. The van der Waals surface area contributed by atoms with Crippen molar-refractivity contribution in [2.24, 2.45) is 5.73 Å². The van der Waals surface area contributed by atoms with Crippen LogP contribution in [0.25, 0.3) is 0 Å². The van der Waals surface area contributed by atoms with E-state index in [1.54, 1.807) is 0 Å². The van der Waals surface area contributed by atoms with Crippen LogP contribution in [0.15, 0.2) is 0 Å². The molecule has 1 fully saturated rings. The molecule has 8 nitrogen and oxygen atoms in total. The van der Waals surface area contributed by atoms with Gasteiger partial charge in [-0.05, 0) is 38.2 Å². The molecular formula is C14H25N3O5S. The number of aliphatic hydroxyl groups excluding tert-OH is 1. The first-order valence-electron chi connectivity index (χ1n) is 7.55. The Balaban J connectivity index is 2.82. The van der Waals surface area contributed by atoms with Crippen molar-refractivity contribution >= 4 is 29.5 Å². The Morgan fingerprint density at radius 1 is 1.43 bits per heavy atom. The fourth-order valence-electron chi connectivity index (χ4n) is 2.47. The van der Waals surface area contributed by atoms with Crippen molar-refractivity contribution in [3.63, 3.8) is 0 Å². The Kier molecular flexibility index (Phi) is 7.80. The average Bonchev–Trinajstić information content (AvgIpc) is 2.99. The van der Waals surface area contributed by atoms with E-state index in [4.69, 9.17) is 5.73 Å². The van der Waals surface area contributed by atoms with Gasteiger partial charge in [0.2, 0.25) is 11.8 Å². The second kappa shape index (κ2) is 9.09. The second-order valence-electron chi connectivity index (χ2n) is 5.64. The van der Waals surface area contributed by atoms with Crippen molar-refractivity contribution in [3.8, 4) is 0 Å². The van der Waals surface area contributed by atoms with Crippen LogP contribution in [0.2, 0.25) is 0 Å². The van der Waals surface area contributed by atoms with Gasteiger partial charge in [0.15, 0.2) is 0 Å². The molecule has 5 N–H and O–H groups in total. The summed E-state index contributed by atoms with van der Waals surface area (Å²) in [6, 6.07) is -2.81. The number of aliphatic hydroxyl groups is 1. The van der Waals surface area contributed by atoms with Gasteiger partial charge < -0.3 is 26.2 Å². The molecule has 0 spiro atoms. The molecule has 0 aromatic carbocycles. The Hall–Kier alpha value is -1.32. The van der Waals surface area contributed by atoms with Crippen molar-refractivity contribution in [2.75, 3.05) is 18.6 Å². The summed E-state index contributed by atoms with van der Waals surface area (Å²) < 4.78 is 0. The molecule has 0 radical (unpaired) electrons. The number of carboxylic acids is 1. The quantitative estimate of drug-likeness (QED) is 0.443. The van der Waals surface area contributed by atoms with Crippen molar-refractivity contribution < 1.29 is 24.6 Å². The fourth-order valence-corrected chi connectivity index (χ4v) is 2.94. The van der Waals surface area contributed by atoms with Crippen LogP contribution in [0.5, 0.6) is 0 Å². The minimum atomic E-state index is -1.13. The molecule has 1 saturated heterocycles. The molecule has 0 aromatic rings. The second-order valence-corrected chi connectivity index (χ2v) is 6.62. The minimum Gasteiger partial charge on any atom is -0.480 e. The summed E-state index contributed by atoms with van der Waals surface area (Å²) in [4.78, 5) is 37.2. The first-order valence-corrected chi connectivity index (χ1v) is 8.95. The van der Waals surface area contributed by atoms with Gasteiger partial charge in [0.25, 0.3) is 0 Å². The smallest absolute Gasteiger partial charge is 0.326 e. The maximum Gasteiger partial charge on any atom is 0.326 e. The summed E-state index contributed by atoms with van der Waals surface area (Å²) in [7, 11) is 0. The summed E-state index contributed by atoms with van der Waals surface area (Å²) in [5.41, 5.74) is 5.58. The molecule has 4 unspecified atom stereocenters.